The number of amidine groups is 1. The van der Waals surface area contributed by atoms with Gasteiger partial charge >= 0.3 is 0 Å². The fraction of sp³-hybridized carbons (Fsp3) is 0. The summed E-state index contributed by atoms with van der Waals surface area (Å²) in [6, 6.07) is 11.8. The van der Waals surface area contributed by atoms with E-state index >= 15 is 0 Å². The zero-order valence-corrected chi connectivity index (χ0v) is 14.7. The summed E-state index contributed by atoms with van der Waals surface area (Å²) in [5, 5.41) is 3.10. The van der Waals surface area contributed by atoms with Gasteiger partial charge in [0.25, 0.3) is 5.91 Å². The van der Waals surface area contributed by atoms with Crippen LogP contribution in [0.3, 0.4) is 0 Å². The highest BCUT2D eigenvalue weighted by atomic mass is 79.9. The second-order valence-electron chi connectivity index (χ2n) is 4.63. The van der Waals surface area contributed by atoms with E-state index in [-0.39, 0.29) is 10.9 Å². The molecule has 1 N–H and O–H groups in total. The van der Waals surface area contributed by atoms with Gasteiger partial charge in [-0.1, -0.05) is 39.7 Å². The van der Waals surface area contributed by atoms with Crippen molar-refractivity contribution >= 4 is 62.1 Å². The molecule has 3 rings (SSSR count). The van der Waals surface area contributed by atoms with Gasteiger partial charge < -0.3 is 5.32 Å². The summed E-state index contributed by atoms with van der Waals surface area (Å²) in [6.45, 7) is 0. The summed E-state index contributed by atoms with van der Waals surface area (Å²) < 4.78 is 14.1. The van der Waals surface area contributed by atoms with E-state index in [4.69, 9.17) is 11.6 Å². The highest BCUT2D eigenvalue weighted by molar-refractivity contribution is 9.10. The Hall–Kier alpha value is -1.63. The fourth-order valence-electron chi connectivity index (χ4n) is 1.86. The van der Waals surface area contributed by atoms with E-state index in [0.717, 1.165) is 10.0 Å². The monoisotopic (exact) mass is 410 g/mol. The Morgan fingerprint density at radius 2 is 1.96 bits per heavy atom. The van der Waals surface area contributed by atoms with Crippen molar-refractivity contribution < 1.29 is 9.18 Å². The third-order valence-electron chi connectivity index (χ3n) is 2.95. The van der Waals surface area contributed by atoms with Crippen LogP contribution in [0.15, 0.2) is 56.8 Å². The third-order valence-corrected chi connectivity index (χ3v) is 4.68. The van der Waals surface area contributed by atoms with Crippen LogP contribution < -0.4 is 5.32 Å². The second-order valence-corrected chi connectivity index (χ2v) is 6.99. The minimum absolute atomic E-state index is 0.00759. The molecule has 1 amide bonds. The van der Waals surface area contributed by atoms with Gasteiger partial charge in [-0.3, -0.25) is 4.79 Å². The Labute approximate surface area is 149 Å². The summed E-state index contributed by atoms with van der Waals surface area (Å²) in [7, 11) is 0. The number of carbonyl (C=O) groups is 1. The summed E-state index contributed by atoms with van der Waals surface area (Å²) in [5.74, 6) is -0.723. The molecule has 0 bridgehead atoms. The summed E-state index contributed by atoms with van der Waals surface area (Å²) in [4.78, 5) is 16.8. The zero-order valence-electron chi connectivity index (χ0n) is 11.5. The molecule has 0 aromatic heterocycles. The Kier molecular flexibility index (Phi) is 4.84. The average Bonchev–Trinajstić information content (AvgIpc) is 2.85. The second kappa shape index (κ2) is 6.86. The first kappa shape index (κ1) is 16.2. The van der Waals surface area contributed by atoms with Crippen molar-refractivity contribution in [2.75, 3.05) is 0 Å². The van der Waals surface area contributed by atoms with Crippen molar-refractivity contribution in [1.82, 2.24) is 5.32 Å². The van der Waals surface area contributed by atoms with Crippen LogP contribution in [-0.4, -0.2) is 11.1 Å². The molecule has 1 heterocycles. The van der Waals surface area contributed by atoms with Crippen LogP contribution in [0.5, 0.6) is 0 Å². The van der Waals surface area contributed by atoms with Crippen molar-refractivity contribution in [3.63, 3.8) is 0 Å². The normalized spacial score (nSPS) is 17.8. The number of rotatable bonds is 2. The molecule has 1 aliphatic rings. The van der Waals surface area contributed by atoms with Crippen molar-refractivity contribution in [2.24, 2.45) is 4.99 Å². The van der Waals surface area contributed by atoms with Crippen LogP contribution in [0, 0.1) is 5.82 Å². The van der Waals surface area contributed by atoms with E-state index in [0.29, 0.717) is 15.8 Å². The molecule has 0 aliphatic carbocycles. The van der Waals surface area contributed by atoms with E-state index < -0.39 is 5.82 Å². The zero-order chi connectivity index (χ0) is 16.4. The maximum Gasteiger partial charge on any atom is 0.264 e. The number of carbonyl (C=O) groups excluding carboxylic acids is 1. The summed E-state index contributed by atoms with van der Waals surface area (Å²) >= 11 is 10.3. The maximum absolute atomic E-state index is 13.1. The number of halogens is 3. The van der Waals surface area contributed by atoms with Crippen molar-refractivity contribution in [2.45, 2.75) is 0 Å². The lowest BCUT2D eigenvalue weighted by Crippen LogP contribution is -2.19. The SMILES string of the molecule is O=C1NC(=Nc2ccc(F)c(Cl)c2)SC1=Cc1ccc(Br)cc1. The largest absolute Gasteiger partial charge is 0.300 e. The highest BCUT2D eigenvalue weighted by Gasteiger charge is 2.23. The number of amides is 1. The standard InChI is InChI=1S/C16H9BrClFN2OS/c17-10-3-1-9(2-4-10)7-14-15(22)21-16(23-14)20-11-5-6-13(19)12(18)8-11/h1-8H,(H,20,21,22). The number of thioether (sulfide) groups is 1. The number of nitrogens with one attached hydrogen (secondary N) is 1. The number of hydrogen-bond donors (Lipinski definition) is 1. The number of benzene rings is 2. The molecule has 0 atom stereocenters. The van der Waals surface area contributed by atoms with E-state index in [1.807, 2.05) is 24.3 Å². The number of nitrogens with zero attached hydrogens (tertiary/aromatic N) is 1. The van der Waals surface area contributed by atoms with Crippen LogP contribution in [0.1, 0.15) is 5.56 Å². The Balaban J connectivity index is 1.82. The van der Waals surface area contributed by atoms with E-state index in [1.54, 1.807) is 6.08 Å². The molecule has 0 unspecified atom stereocenters. The first-order valence-electron chi connectivity index (χ1n) is 6.51. The third kappa shape index (κ3) is 4.02. The van der Waals surface area contributed by atoms with Crippen molar-refractivity contribution in [3.8, 4) is 0 Å². The highest BCUT2D eigenvalue weighted by Crippen LogP contribution is 2.29. The van der Waals surface area contributed by atoms with Gasteiger partial charge in [0, 0.05) is 4.47 Å². The van der Waals surface area contributed by atoms with Crippen LogP contribution in [0.2, 0.25) is 5.02 Å². The van der Waals surface area contributed by atoms with Gasteiger partial charge in [0.1, 0.15) is 5.82 Å². The smallest absolute Gasteiger partial charge is 0.264 e. The van der Waals surface area contributed by atoms with E-state index in [9.17, 15) is 9.18 Å². The Morgan fingerprint density at radius 3 is 2.65 bits per heavy atom. The maximum atomic E-state index is 13.1. The van der Waals surface area contributed by atoms with Gasteiger partial charge in [-0.2, -0.15) is 0 Å². The van der Waals surface area contributed by atoms with Crippen LogP contribution in [0.4, 0.5) is 10.1 Å². The first-order valence-corrected chi connectivity index (χ1v) is 8.50. The molecule has 116 valence electrons. The lowest BCUT2D eigenvalue weighted by Gasteiger charge is -1.98. The summed E-state index contributed by atoms with van der Waals surface area (Å²) in [5.41, 5.74) is 1.39. The predicted molar refractivity (Wildman–Crippen MR) is 96.4 cm³/mol. The molecule has 0 spiro atoms. The molecule has 0 radical (unpaired) electrons. The molecule has 23 heavy (non-hydrogen) atoms. The minimum atomic E-state index is -0.505. The number of hydrogen-bond acceptors (Lipinski definition) is 3. The van der Waals surface area contributed by atoms with Crippen LogP contribution in [0.25, 0.3) is 6.08 Å². The quantitative estimate of drug-likeness (QED) is 0.696. The average molecular weight is 412 g/mol. The lowest BCUT2D eigenvalue weighted by molar-refractivity contribution is -0.115. The molecule has 1 fully saturated rings. The Bertz CT molecular complexity index is 836. The van der Waals surface area contributed by atoms with E-state index in [1.165, 1.54) is 30.0 Å². The van der Waals surface area contributed by atoms with Gasteiger partial charge in [0.2, 0.25) is 0 Å². The molecule has 3 nitrogen and oxygen atoms in total. The van der Waals surface area contributed by atoms with Gasteiger partial charge in [-0.25, -0.2) is 9.38 Å². The van der Waals surface area contributed by atoms with E-state index in [2.05, 4.69) is 26.2 Å². The molecular weight excluding hydrogens is 403 g/mol. The molecule has 2 aromatic rings. The molecule has 0 saturated carbocycles. The van der Waals surface area contributed by atoms with Gasteiger partial charge in [0.15, 0.2) is 5.17 Å². The first-order chi connectivity index (χ1) is 11.0. The molecule has 7 heteroatoms. The predicted octanol–water partition coefficient (Wildman–Crippen LogP) is 5.13. The number of aliphatic imine (C=N–C) groups is 1. The van der Waals surface area contributed by atoms with Crippen LogP contribution >= 0.6 is 39.3 Å². The lowest BCUT2D eigenvalue weighted by atomic mass is 10.2. The van der Waals surface area contributed by atoms with Crippen LogP contribution in [-0.2, 0) is 4.79 Å². The molecule has 1 aliphatic heterocycles. The van der Waals surface area contributed by atoms with Gasteiger partial charge in [0.05, 0.1) is 15.6 Å². The molecule has 1 saturated heterocycles. The van der Waals surface area contributed by atoms with Gasteiger partial charge in [-0.05, 0) is 53.7 Å². The van der Waals surface area contributed by atoms with Gasteiger partial charge in [-0.15, -0.1) is 0 Å². The Morgan fingerprint density at radius 1 is 1.22 bits per heavy atom. The summed E-state index contributed by atoms with van der Waals surface area (Å²) in [6.07, 6.45) is 1.78. The molecular formula is C16H9BrClFN2OS. The fourth-order valence-corrected chi connectivity index (χ4v) is 3.14. The minimum Gasteiger partial charge on any atom is -0.300 e. The van der Waals surface area contributed by atoms with Crippen molar-refractivity contribution in [1.29, 1.82) is 0 Å². The van der Waals surface area contributed by atoms with Crippen molar-refractivity contribution in [3.05, 3.63) is 68.2 Å². The molecule has 2 aromatic carbocycles. The topological polar surface area (TPSA) is 41.5 Å².